The molecule has 0 bridgehead atoms. The Morgan fingerprint density at radius 3 is 2.31 bits per heavy atom. The van der Waals surface area contributed by atoms with E-state index in [1.807, 2.05) is 13.8 Å². The summed E-state index contributed by atoms with van der Waals surface area (Å²) in [5, 5.41) is 8.96. The Balaban J connectivity index is 0.00000466. The largest absolute Gasteiger partial charge is 0.467 e. The van der Waals surface area contributed by atoms with Crippen molar-refractivity contribution in [3.05, 3.63) is 12.3 Å². The second kappa shape index (κ2) is 14.4. The highest BCUT2D eigenvalue weighted by Crippen LogP contribution is 2.11. The first-order chi connectivity index (χ1) is 14.9. The number of Topliss-reactive ketones (excluding diaryl/α,β-unsaturated/α-hetero) is 1. The van der Waals surface area contributed by atoms with E-state index in [-0.39, 0.29) is 18.3 Å². The Hall–Kier alpha value is -2.62. The van der Waals surface area contributed by atoms with Gasteiger partial charge in [-0.05, 0) is 59.0 Å². The molecule has 0 aromatic carbocycles. The highest BCUT2D eigenvalue weighted by molar-refractivity contribution is 5.92. The van der Waals surface area contributed by atoms with Crippen LogP contribution in [0.25, 0.3) is 0 Å². The van der Waals surface area contributed by atoms with Crippen LogP contribution in [0.5, 0.6) is 5.88 Å². The third-order valence-electron chi connectivity index (χ3n) is 4.12. The highest BCUT2D eigenvalue weighted by Gasteiger charge is 2.31. The Morgan fingerprint density at radius 1 is 1.12 bits per heavy atom. The van der Waals surface area contributed by atoms with Crippen molar-refractivity contribution in [2.75, 3.05) is 20.3 Å². The summed E-state index contributed by atoms with van der Waals surface area (Å²) in [5.74, 6) is -0.526. The zero-order valence-electron chi connectivity index (χ0n) is 20.6. The summed E-state index contributed by atoms with van der Waals surface area (Å²) < 4.78 is 20.3. The van der Waals surface area contributed by atoms with Gasteiger partial charge < -0.3 is 29.4 Å². The van der Waals surface area contributed by atoms with Crippen LogP contribution in [0.2, 0.25) is 0 Å². The Kier molecular flexibility index (Phi) is 13.3. The molecule has 1 aromatic heterocycles. The number of amides is 2. The van der Waals surface area contributed by atoms with Crippen molar-refractivity contribution in [1.82, 2.24) is 15.8 Å². The second-order valence-corrected chi connectivity index (χ2v) is 8.26. The van der Waals surface area contributed by atoms with E-state index in [9.17, 15) is 14.4 Å². The number of nitrogens with one attached hydrogen (secondary N) is 2. The van der Waals surface area contributed by atoms with Gasteiger partial charge in [-0.25, -0.2) is 4.79 Å². The molecular weight excluding hydrogens is 418 g/mol. The second-order valence-electron chi connectivity index (χ2n) is 8.26. The Labute approximate surface area is 190 Å². The number of methoxy groups -OCH3 is 1. The third-order valence-corrected chi connectivity index (χ3v) is 4.12. The van der Waals surface area contributed by atoms with Gasteiger partial charge in [-0.1, -0.05) is 13.8 Å². The maximum absolute atomic E-state index is 12.6. The summed E-state index contributed by atoms with van der Waals surface area (Å²) in [6.45, 7) is 12.7. The molecule has 0 fully saturated rings. The SMILES string of the molecule is CC.COC(C)(C)C(=O)NC(CCCCNC(=O)OC(C)(C)C)C(=O)COc1ccon1. The van der Waals surface area contributed by atoms with Crippen LogP contribution in [-0.4, -0.2) is 60.4 Å². The van der Waals surface area contributed by atoms with Gasteiger partial charge in [0.05, 0.1) is 6.04 Å². The molecule has 184 valence electrons. The number of rotatable bonds is 12. The fraction of sp³-hybridized carbons (Fsp3) is 0.727. The van der Waals surface area contributed by atoms with Gasteiger partial charge in [0.1, 0.15) is 17.5 Å². The number of ketones is 1. The first-order valence-electron chi connectivity index (χ1n) is 10.8. The lowest BCUT2D eigenvalue weighted by Gasteiger charge is -2.25. The molecule has 0 radical (unpaired) electrons. The monoisotopic (exact) mass is 457 g/mol. The van der Waals surface area contributed by atoms with Crippen molar-refractivity contribution in [1.29, 1.82) is 0 Å². The Bertz CT molecular complexity index is 682. The number of aromatic nitrogens is 1. The number of unbranched alkanes of at least 4 members (excludes halogenated alkanes) is 1. The smallest absolute Gasteiger partial charge is 0.407 e. The van der Waals surface area contributed by atoms with Crippen molar-refractivity contribution in [3.63, 3.8) is 0 Å². The molecule has 1 unspecified atom stereocenters. The van der Waals surface area contributed by atoms with E-state index >= 15 is 0 Å². The van der Waals surface area contributed by atoms with Crippen LogP contribution in [0.1, 0.15) is 67.7 Å². The first kappa shape index (κ1) is 29.4. The Morgan fingerprint density at radius 2 is 1.78 bits per heavy atom. The fourth-order valence-corrected chi connectivity index (χ4v) is 2.24. The molecule has 1 atom stereocenters. The zero-order chi connectivity index (χ0) is 24.8. The average molecular weight is 458 g/mol. The first-order valence-corrected chi connectivity index (χ1v) is 10.8. The molecule has 0 aliphatic rings. The summed E-state index contributed by atoms with van der Waals surface area (Å²) in [6.07, 6.45) is 2.41. The molecule has 2 amide bonds. The van der Waals surface area contributed by atoms with E-state index in [1.165, 1.54) is 19.4 Å². The normalized spacial score (nSPS) is 12.1. The molecule has 2 N–H and O–H groups in total. The average Bonchev–Trinajstić information content (AvgIpc) is 3.24. The summed E-state index contributed by atoms with van der Waals surface area (Å²) in [4.78, 5) is 36.7. The molecule has 1 heterocycles. The number of alkyl carbamates (subject to hydrolysis) is 1. The number of hydrogen-bond donors (Lipinski definition) is 2. The molecule has 10 heteroatoms. The number of carbonyl (C=O) groups is 3. The van der Waals surface area contributed by atoms with Gasteiger partial charge in [0.15, 0.2) is 12.4 Å². The fourth-order valence-electron chi connectivity index (χ4n) is 2.24. The zero-order valence-corrected chi connectivity index (χ0v) is 20.6. The van der Waals surface area contributed by atoms with Gasteiger partial charge in [-0.2, -0.15) is 0 Å². The summed E-state index contributed by atoms with van der Waals surface area (Å²) in [6, 6.07) is 0.720. The van der Waals surface area contributed by atoms with Crippen LogP contribution in [-0.2, 0) is 19.1 Å². The van der Waals surface area contributed by atoms with E-state index in [0.717, 1.165) is 0 Å². The van der Waals surface area contributed by atoms with Gasteiger partial charge in [0.25, 0.3) is 11.8 Å². The van der Waals surface area contributed by atoms with Crippen LogP contribution in [0.4, 0.5) is 4.79 Å². The quantitative estimate of drug-likeness (QED) is 0.458. The lowest BCUT2D eigenvalue weighted by Crippen LogP contribution is -2.51. The number of ether oxygens (including phenoxy) is 3. The van der Waals surface area contributed by atoms with E-state index in [0.29, 0.717) is 25.8 Å². The van der Waals surface area contributed by atoms with Crippen LogP contribution in [0.3, 0.4) is 0 Å². The highest BCUT2D eigenvalue weighted by atomic mass is 16.6. The minimum atomic E-state index is -1.08. The molecule has 10 nitrogen and oxygen atoms in total. The minimum Gasteiger partial charge on any atom is -0.467 e. The minimum absolute atomic E-state index is 0.187. The standard InChI is InChI=1S/C20H33N3O7.C2H6/c1-19(2,3)30-18(26)21-11-8-7-9-14(22-17(25)20(4,5)27-6)15(24)13-28-16-10-12-29-23-16;1-2/h10,12,14H,7-9,11,13H2,1-6H3,(H,21,26)(H,22,25);1-2H3. The van der Waals surface area contributed by atoms with Crippen LogP contribution >= 0.6 is 0 Å². The van der Waals surface area contributed by atoms with E-state index in [1.54, 1.807) is 34.6 Å². The van der Waals surface area contributed by atoms with E-state index < -0.39 is 29.2 Å². The van der Waals surface area contributed by atoms with Crippen molar-refractivity contribution in [3.8, 4) is 5.88 Å². The van der Waals surface area contributed by atoms with Crippen LogP contribution < -0.4 is 15.4 Å². The predicted molar refractivity (Wildman–Crippen MR) is 119 cm³/mol. The van der Waals surface area contributed by atoms with Crippen LogP contribution in [0, 0.1) is 0 Å². The molecule has 0 saturated carbocycles. The maximum Gasteiger partial charge on any atom is 0.407 e. The lowest BCUT2D eigenvalue weighted by molar-refractivity contribution is -0.142. The van der Waals surface area contributed by atoms with Crippen molar-refractivity contribution >= 4 is 17.8 Å². The van der Waals surface area contributed by atoms with Gasteiger partial charge in [0.2, 0.25) is 0 Å². The maximum atomic E-state index is 12.6. The lowest BCUT2D eigenvalue weighted by atomic mass is 10.0. The molecule has 32 heavy (non-hydrogen) atoms. The van der Waals surface area contributed by atoms with E-state index in [2.05, 4.69) is 20.3 Å². The van der Waals surface area contributed by atoms with E-state index in [4.69, 9.17) is 14.2 Å². The summed E-state index contributed by atoms with van der Waals surface area (Å²) >= 11 is 0. The molecule has 1 aromatic rings. The number of nitrogens with zero attached hydrogens (tertiary/aromatic N) is 1. The van der Waals surface area contributed by atoms with Gasteiger partial charge in [-0.15, -0.1) is 0 Å². The number of hydrogen-bond acceptors (Lipinski definition) is 8. The van der Waals surface area contributed by atoms with Gasteiger partial charge in [-0.3, -0.25) is 9.59 Å². The number of carbonyl (C=O) groups excluding carboxylic acids is 3. The third kappa shape index (κ3) is 12.3. The summed E-state index contributed by atoms with van der Waals surface area (Å²) in [7, 11) is 1.42. The summed E-state index contributed by atoms with van der Waals surface area (Å²) in [5.41, 5.74) is -1.65. The van der Waals surface area contributed by atoms with Crippen molar-refractivity contribution in [2.24, 2.45) is 0 Å². The van der Waals surface area contributed by atoms with Gasteiger partial charge in [0, 0.05) is 19.7 Å². The molecule has 0 aliphatic heterocycles. The molecule has 0 spiro atoms. The van der Waals surface area contributed by atoms with Crippen LogP contribution in [0.15, 0.2) is 16.9 Å². The topological polar surface area (TPSA) is 129 Å². The van der Waals surface area contributed by atoms with Gasteiger partial charge >= 0.3 is 6.09 Å². The molecular formula is C22H39N3O7. The van der Waals surface area contributed by atoms with Crippen molar-refractivity contribution in [2.45, 2.75) is 85.0 Å². The predicted octanol–water partition coefficient (Wildman–Crippen LogP) is 3.25. The molecule has 1 rings (SSSR count). The molecule has 0 aliphatic carbocycles. The van der Waals surface area contributed by atoms with Crippen molar-refractivity contribution < 1.29 is 33.1 Å². The molecule has 0 saturated heterocycles.